The Morgan fingerprint density at radius 1 is 1.30 bits per heavy atom. The quantitative estimate of drug-likeness (QED) is 0.656. The van der Waals surface area contributed by atoms with Gasteiger partial charge in [0.2, 0.25) is 11.8 Å². The molecule has 0 aliphatic carbocycles. The molecule has 154 valence electrons. The fraction of sp³-hybridized carbons (Fsp3) is 0.261. The Morgan fingerprint density at radius 3 is 2.93 bits per heavy atom. The number of H-pyrrole nitrogens is 1. The standard InChI is InChI=1S/C23H25N5O2/c1-15(19-12-24-20-7-5-4-6-18(19)20)28(3)22(30)9-8-16-10-17-13-27(2)14-21(29)26-23(17)25-11-16/h4-12,15,24H,13-14H2,1-3H3,(H,25,26,29)/b9-8+. The Hall–Kier alpha value is -3.45. The van der Waals surface area contributed by atoms with Crippen molar-refractivity contribution < 1.29 is 9.59 Å². The lowest BCUT2D eigenvalue weighted by molar-refractivity contribution is -0.126. The molecule has 1 aliphatic rings. The van der Waals surface area contributed by atoms with Gasteiger partial charge in [-0.05, 0) is 43.3 Å². The first kappa shape index (κ1) is 19.8. The SMILES string of the molecule is CC(c1c[nH]c2ccccc12)N(C)C(=O)/C=C/c1cnc2c(c1)CN(C)CC(=O)N2. The fourth-order valence-electron chi connectivity index (χ4n) is 3.74. The van der Waals surface area contributed by atoms with Gasteiger partial charge in [0.15, 0.2) is 0 Å². The van der Waals surface area contributed by atoms with Gasteiger partial charge in [0, 0.05) is 48.5 Å². The van der Waals surface area contributed by atoms with Gasteiger partial charge in [0.1, 0.15) is 5.82 Å². The number of carbonyl (C=O) groups excluding carboxylic acids is 2. The van der Waals surface area contributed by atoms with Gasteiger partial charge in [-0.15, -0.1) is 0 Å². The monoisotopic (exact) mass is 403 g/mol. The molecule has 0 spiro atoms. The minimum Gasteiger partial charge on any atom is -0.361 e. The lowest BCUT2D eigenvalue weighted by atomic mass is 10.1. The summed E-state index contributed by atoms with van der Waals surface area (Å²) in [7, 11) is 3.70. The van der Waals surface area contributed by atoms with Gasteiger partial charge < -0.3 is 15.2 Å². The van der Waals surface area contributed by atoms with E-state index >= 15 is 0 Å². The molecular formula is C23H25N5O2. The highest BCUT2D eigenvalue weighted by Crippen LogP contribution is 2.27. The maximum absolute atomic E-state index is 12.8. The summed E-state index contributed by atoms with van der Waals surface area (Å²) in [6.45, 7) is 2.97. The predicted octanol–water partition coefficient (Wildman–Crippen LogP) is 3.18. The molecule has 1 atom stereocenters. The van der Waals surface area contributed by atoms with Crippen LogP contribution < -0.4 is 5.32 Å². The molecular weight excluding hydrogens is 378 g/mol. The topological polar surface area (TPSA) is 81.3 Å². The molecule has 7 heteroatoms. The van der Waals surface area contributed by atoms with Gasteiger partial charge in [-0.1, -0.05) is 18.2 Å². The molecule has 0 fully saturated rings. The molecule has 3 aromatic rings. The lowest BCUT2D eigenvalue weighted by Gasteiger charge is -2.23. The van der Waals surface area contributed by atoms with Gasteiger partial charge in [0.25, 0.3) is 0 Å². The van der Waals surface area contributed by atoms with Crippen LogP contribution in [0, 0.1) is 0 Å². The minimum atomic E-state index is -0.0897. The Morgan fingerprint density at radius 2 is 2.10 bits per heavy atom. The number of carbonyl (C=O) groups is 2. The first-order valence-electron chi connectivity index (χ1n) is 9.90. The van der Waals surface area contributed by atoms with E-state index in [0.29, 0.717) is 18.9 Å². The van der Waals surface area contributed by atoms with Crippen LogP contribution in [0.5, 0.6) is 0 Å². The molecule has 3 heterocycles. The Labute approximate surface area is 175 Å². The second-order valence-electron chi connectivity index (χ2n) is 7.74. The van der Waals surface area contributed by atoms with Crippen LogP contribution in [-0.2, 0) is 16.1 Å². The number of aromatic nitrogens is 2. The normalized spacial score (nSPS) is 15.6. The highest BCUT2D eigenvalue weighted by atomic mass is 16.2. The summed E-state index contributed by atoms with van der Waals surface area (Å²) in [6.07, 6.45) is 6.95. The highest BCUT2D eigenvalue weighted by Gasteiger charge is 2.19. The summed E-state index contributed by atoms with van der Waals surface area (Å²) >= 11 is 0. The van der Waals surface area contributed by atoms with Crippen LogP contribution >= 0.6 is 0 Å². The number of nitrogens with one attached hydrogen (secondary N) is 2. The summed E-state index contributed by atoms with van der Waals surface area (Å²) in [5.74, 6) is 0.418. The number of aromatic amines is 1. The van der Waals surface area contributed by atoms with Crippen molar-refractivity contribution in [2.75, 3.05) is 26.0 Å². The van der Waals surface area contributed by atoms with E-state index in [9.17, 15) is 9.59 Å². The van der Waals surface area contributed by atoms with E-state index in [4.69, 9.17) is 0 Å². The number of anilines is 1. The molecule has 0 saturated carbocycles. The summed E-state index contributed by atoms with van der Waals surface area (Å²) in [4.78, 5) is 35.9. The van der Waals surface area contributed by atoms with Crippen LogP contribution in [0.3, 0.4) is 0 Å². The first-order chi connectivity index (χ1) is 14.4. The van der Waals surface area contributed by atoms with Crippen molar-refractivity contribution in [1.82, 2.24) is 19.8 Å². The highest BCUT2D eigenvalue weighted by molar-refractivity contribution is 5.94. The molecule has 2 aromatic heterocycles. The zero-order chi connectivity index (χ0) is 21.3. The lowest BCUT2D eigenvalue weighted by Crippen LogP contribution is -2.27. The smallest absolute Gasteiger partial charge is 0.246 e. The molecule has 2 amide bonds. The summed E-state index contributed by atoms with van der Waals surface area (Å²) in [6, 6.07) is 9.95. The van der Waals surface area contributed by atoms with Crippen LogP contribution in [0.15, 0.2) is 48.8 Å². The van der Waals surface area contributed by atoms with Gasteiger partial charge >= 0.3 is 0 Å². The number of nitrogens with zero attached hydrogens (tertiary/aromatic N) is 3. The number of fused-ring (bicyclic) bond motifs is 2. The van der Waals surface area contributed by atoms with Gasteiger partial charge in [-0.25, -0.2) is 4.98 Å². The number of para-hydroxylation sites is 1. The third-order valence-corrected chi connectivity index (χ3v) is 5.52. The zero-order valence-electron chi connectivity index (χ0n) is 17.3. The molecule has 1 unspecified atom stereocenters. The van der Waals surface area contributed by atoms with Crippen molar-refractivity contribution in [1.29, 1.82) is 0 Å². The maximum atomic E-state index is 12.8. The molecule has 30 heavy (non-hydrogen) atoms. The molecule has 1 aliphatic heterocycles. The number of pyridine rings is 1. The van der Waals surface area contributed by atoms with Crippen LogP contribution in [-0.4, -0.2) is 52.2 Å². The molecule has 0 bridgehead atoms. The van der Waals surface area contributed by atoms with E-state index in [-0.39, 0.29) is 17.9 Å². The second kappa shape index (κ2) is 8.12. The Kier molecular flexibility index (Phi) is 5.37. The summed E-state index contributed by atoms with van der Waals surface area (Å²) < 4.78 is 0. The zero-order valence-corrected chi connectivity index (χ0v) is 17.3. The van der Waals surface area contributed by atoms with Crippen molar-refractivity contribution in [3.63, 3.8) is 0 Å². The van der Waals surface area contributed by atoms with Crippen molar-refractivity contribution in [3.8, 4) is 0 Å². The number of benzene rings is 1. The average molecular weight is 403 g/mol. The van der Waals surface area contributed by atoms with Gasteiger partial charge in [-0.2, -0.15) is 0 Å². The second-order valence-corrected chi connectivity index (χ2v) is 7.74. The summed E-state index contributed by atoms with van der Waals surface area (Å²) in [5.41, 5.74) is 3.89. The van der Waals surface area contributed by atoms with Crippen molar-refractivity contribution in [3.05, 3.63) is 65.5 Å². The molecule has 1 aromatic carbocycles. The van der Waals surface area contributed by atoms with E-state index in [1.54, 1.807) is 30.3 Å². The number of rotatable bonds is 4. The van der Waals surface area contributed by atoms with Crippen LogP contribution in [0.4, 0.5) is 5.82 Å². The van der Waals surface area contributed by atoms with Crippen LogP contribution in [0.2, 0.25) is 0 Å². The van der Waals surface area contributed by atoms with Gasteiger partial charge in [0.05, 0.1) is 12.6 Å². The third-order valence-electron chi connectivity index (χ3n) is 5.52. The number of hydrogen-bond acceptors (Lipinski definition) is 4. The Balaban J connectivity index is 1.50. The van der Waals surface area contributed by atoms with Crippen LogP contribution in [0.1, 0.15) is 29.7 Å². The van der Waals surface area contributed by atoms with E-state index in [0.717, 1.165) is 27.6 Å². The third kappa shape index (κ3) is 3.97. The predicted molar refractivity (Wildman–Crippen MR) is 118 cm³/mol. The Bertz CT molecular complexity index is 1130. The van der Waals surface area contributed by atoms with Crippen molar-refractivity contribution >= 4 is 34.6 Å². The average Bonchev–Trinajstić information content (AvgIpc) is 3.10. The fourth-order valence-corrected chi connectivity index (χ4v) is 3.74. The number of amides is 2. The molecule has 4 rings (SSSR count). The van der Waals surface area contributed by atoms with Gasteiger partial charge in [-0.3, -0.25) is 14.5 Å². The van der Waals surface area contributed by atoms with E-state index in [1.807, 2.05) is 49.3 Å². The van der Waals surface area contributed by atoms with Crippen molar-refractivity contribution in [2.45, 2.75) is 19.5 Å². The largest absolute Gasteiger partial charge is 0.361 e. The summed E-state index contributed by atoms with van der Waals surface area (Å²) in [5, 5.41) is 3.93. The van der Waals surface area contributed by atoms with E-state index in [1.165, 1.54) is 0 Å². The van der Waals surface area contributed by atoms with E-state index in [2.05, 4.69) is 21.4 Å². The molecule has 0 radical (unpaired) electrons. The molecule has 2 N–H and O–H groups in total. The van der Waals surface area contributed by atoms with Crippen LogP contribution in [0.25, 0.3) is 17.0 Å². The number of hydrogen-bond donors (Lipinski definition) is 2. The van der Waals surface area contributed by atoms with E-state index < -0.39 is 0 Å². The molecule has 7 nitrogen and oxygen atoms in total. The first-order valence-corrected chi connectivity index (χ1v) is 9.90. The minimum absolute atomic E-state index is 0.0740. The molecule has 0 saturated heterocycles. The number of likely N-dealkylation sites (N-methyl/N-ethyl adjacent to an activating group) is 2. The van der Waals surface area contributed by atoms with Crippen molar-refractivity contribution in [2.24, 2.45) is 0 Å². The maximum Gasteiger partial charge on any atom is 0.246 e.